The van der Waals surface area contributed by atoms with Gasteiger partial charge in [-0.1, -0.05) is 67.8 Å². The first-order valence-corrected chi connectivity index (χ1v) is 17.9. The van der Waals surface area contributed by atoms with Crippen molar-refractivity contribution in [3.05, 3.63) is 113 Å². The summed E-state index contributed by atoms with van der Waals surface area (Å²) in [6.07, 6.45) is 6.14. The maximum absolute atomic E-state index is 12.4. The van der Waals surface area contributed by atoms with Crippen molar-refractivity contribution in [1.82, 2.24) is 4.57 Å². The lowest BCUT2D eigenvalue weighted by molar-refractivity contribution is -0.0608. The molecule has 0 spiro atoms. The highest BCUT2D eigenvalue weighted by Crippen LogP contribution is 2.51. The van der Waals surface area contributed by atoms with E-state index in [4.69, 9.17) is 29.4 Å². The number of amides is 1. The summed E-state index contributed by atoms with van der Waals surface area (Å²) in [5, 5.41) is 1.18. The first-order valence-electron chi connectivity index (χ1n) is 17.9. The first-order chi connectivity index (χ1) is 24.6. The average Bonchev–Trinajstić information content (AvgIpc) is 3.76. The number of ether oxygens (including phenoxy) is 5. The standard InChI is InChI=1S/C42H44N2O6/c1-46-32-24-34(35(42-48-20-21-49-42)22-27-12-15-31(16-13-27)50-26-28-8-4-2-5-9-28)39-37(25-32)47-19-18-44-36-23-30(41(43)45)14-17-33(36)38(40(39)44)29-10-6-3-7-11-29/h2,4-5,8-9,12-17,23-25,29,35,42H,3,6-7,10-11,18-22,26H2,1H3,(H2,43,45)/t35-/m0/s1. The molecule has 1 saturated carbocycles. The van der Waals surface area contributed by atoms with E-state index in [9.17, 15) is 4.79 Å². The molecule has 1 atom stereocenters. The molecule has 258 valence electrons. The van der Waals surface area contributed by atoms with E-state index < -0.39 is 12.2 Å². The minimum absolute atomic E-state index is 0.161. The van der Waals surface area contributed by atoms with E-state index in [0.717, 1.165) is 63.6 Å². The average molecular weight is 673 g/mol. The van der Waals surface area contributed by atoms with Crippen LogP contribution < -0.4 is 19.9 Å². The molecule has 0 unspecified atom stereocenters. The Morgan fingerprint density at radius 2 is 1.66 bits per heavy atom. The predicted octanol–water partition coefficient (Wildman–Crippen LogP) is 8.13. The third-order valence-electron chi connectivity index (χ3n) is 10.6. The van der Waals surface area contributed by atoms with E-state index in [1.165, 1.54) is 30.2 Å². The van der Waals surface area contributed by atoms with Crippen molar-refractivity contribution in [3.8, 4) is 28.5 Å². The summed E-state index contributed by atoms with van der Waals surface area (Å²) in [4.78, 5) is 12.4. The van der Waals surface area contributed by atoms with Crippen LogP contribution >= 0.6 is 0 Å². The smallest absolute Gasteiger partial charge is 0.248 e. The molecule has 8 nitrogen and oxygen atoms in total. The van der Waals surface area contributed by atoms with Gasteiger partial charge in [-0.25, -0.2) is 0 Å². The molecule has 0 radical (unpaired) electrons. The number of hydrogen-bond donors (Lipinski definition) is 1. The Bertz CT molecular complexity index is 1970. The largest absolute Gasteiger partial charge is 0.497 e. The quantitative estimate of drug-likeness (QED) is 0.161. The zero-order chi connectivity index (χ0) is 34.0. The summed E-state index contributed by atoms with van der Waals surface area (Å²) < 4.78 is 33.6. The second kappa shape index (κ2) is 14.2. The van der Waals surface area contributed by atoms with Crippen molar-refractivity contribution in [2.45, 2.75) is 69.8 Å². The molecule has 4 aromatic carbocycles. The maximum atomic E-state index is 12.4. The van der Waals surface area contributed by atoms with Gasteiger partial charge >= 0.3 is 0 Å². The fourth-order valence-corrected chi connectivity index (χ4v) is 8.15. The van der Waals surface area contributed by atoms with Gasteiger partial charge in [-0.2, -0.15) is 0 Å². The second-order valence-corrected chi connectivity index (χ2v) is 13.6. The van der Waals surface area contributed by atoms with Gasteiger partial charge in [-0.05, 0) is 77.8 Å². The number of carbonyl (C=O) groups excluding carboxylic acids is 1. The molecule has 1 saturated heterocycles. The summed E-state index contributed by atoms with van der Waals surface area (Å²) >= 11 is 0. The van der Waals surface area contributed by atoms with Gasteiger partial charge in [0.15, 0.2) is 6.29 Å². The summed E-state index contributed by atoms with van der Waals surface area (Å²) in [5.41, 5.74) is 14.2. The van der Waals surface area contributed by atoms with Crippen LogP contribution in [-0.4, -0.2) is 43.7 Å². The molecule has 3 heterocycles. The highest BCUT2D eigenvalue weighted by Gasteiger charge is 2.37. The SMILES string of the molecule is COc1cc2c(c([C@H](Cc3ccc(OCc4ccccc4)cc3)C3OCCO3)c1)-c1c(C3CCCCC3)c3ccc(C(N)=O)cc3n1CCO2. The lowest BCUT2D eigenvalue weighted by Crippen LogP contribution is -2.23. The van der Waals surface area contributed by atoms with Gasteiger partial charge in [-0.3, -0.25) is 4.79 Å². The van der Waals surface area contributed by atoms with Crippen LogP contribution in [0.25, 0.3) is 22.2 Å². The number of rotatable bonds is 10. The predicted molar refractivity (Wildman–Crippen MR) is 193 cm³/mol. The van der Waals surface area contributed by atoms with Crippen molar-refractivity contribution in [2.75, 3.05) is 26.9 Å². The molecule has 1 aliphatic carbocycles. The third-order valence-corrected chi connectivity index (χ3v) is 10.6. The molecule has 2 aliphatic heterocycles. The number of carbonyl (C=O) groups is 1. The Hall–Kier alpha value is -4.79. The van der Waals surface area contributed by atoms with Crippen molar-refractivity contribution in [1.29, 1.82) is 0 Å². The Balaban J connectivity index is 1.26. The van der Waals surface area contributed by atoms with Gasteiger partial charge in [-0.15, -0.1) is 0 Å². The van der Waals surface area contributed by atoms with Gasteiger partial charge < -0.3 is 34.0 Å². The van der Waals surface area contributed by atoms with Crippen LogP contribution in [0.15, 0.2) is 84.9 Å². The summed E-state index contributed by atoms with van der Waals surface area (Å²) in [6.45, 7) is 2.72. The van der Waals surface area contributed by atoms with Crippen LogP contribution in [0.3, 0.4) is 0 Å². The van der Waals surface area contributed by atoms with Gasteiger partial charge in [0.25, 0.3) is 0 Å². The normalized spacial score (nSPS) is 17.1. The number of methoxy groups -OCH3 is 1. The number of hydrogen-bond acceptors (Lipinski definition) is 6. The summed E-state index contributed by atoms with van der Waals surface area (Å²) in [5.74, 6) is 2.15. The number of nitrogens with zero attached hydrogens (tertiary/aromatic N) is 1. The summed E-state index contributed by atoms with van der Waals surface area (Å²) in [7, 11) is 1.70. The minimum atomic E-state index is -0.444. The van der Waals surface area contributed by atoms with Gasteiger partial charge in [0.05, 0.1) is 32.6 Å². The van der Waals surface area contributed by atoms with Crippen LogP contribution in [0.2, 0.25) is 0 Å². The minimum Gasteiger partial charge on any atom is -0.497 e. The Morgan fingerprint density at radius 3 is 2.40 bits per heavy atom. The van der Waals surface area contributed by atoms with E-state index in [-0.39, 0.29) is 5.92 Å². The van der Waals surface area contributed by atoms with Gasteiger partial charge in [0.2, 0.25) is 5.91 Å². The van der Waals surface area contributed by atoms with Crippen LogP contribution in [-0.2, 0) is 29.0 Å². The summed E-state index contributed by atoms with van der Waals surface area (Å²) in [6, 6.07) is 28.6. The van der Waals surface area contributed by atoms with Crippen LogP contribution in [0.1, 0.15) is 76.6 Å². The Morgan fingerprint density at radius 1 is 0.880 bits per heavy atom. The first kappa shape index (κ1) is 32.4. The molecule has 2 N–H and O–H groups in total. The Kier molecular flexibility index (Phi) is 9.21. The lowest BCUT2D eigenvalue weighted by atomic mass is 9.79. The van der Waals surface area contributed by atoms with Gasteiger partial charge in [0, 0.05) is 34.0 Å². The number of primary amides is 1. The molecule has 8 heteroatoms. The Labute approximate surface area is 293 Å². The van der Waals surface area contributed by atoms with Gasteiger partial charge in [0.1, 0.15) is 30.5 Å². The molecule has 1 aromatic heterocycles. The van der Waals surface area contributed by atoms with E-state index in [1.807, 2.05) is 48.5 Å². The highest BCUT2D eigenvalue weighted by atomic mass is 16.7. The molecule has 2 fully saturated rings. The zero-order valence-electron chi connectivity index (χ0n) is 28.6. The molecule has 5 aromatic rings. The van der Waals surface area contributed by atoms with E-state index in [0.29, 0.717) is 50.9 Å². The topological polar surface area (TPSA) is 94.2 Å². The molecular formula is C42H44N2O6. The third kappa shape index (κ3) is 6.34. The van der Waals surface area contributed by atoms with Crippen molar-refractivity contribution in [2.24, 2.45) is 5.73 Å². The number of fused-ring (bicyclic) bond motifs is 5. The highest BCUT2D eigenvalue weighted by molar-refractivity contribution is 6.01. The van der Waals surface area contributed by atoms with Crippen molar-refractivity contribution < 1.29 is 28.5 Å². The van der Waals surface area contributed by atoms with E-state index >= 15 is 0 Å². The fraction of sp³-hybridized carbons (Fsp3) is 0.357. The van der Waals surface area contributed by atoms with Crippen LogP contribution in [0, 0.1) is 0 Å². The van der Waals surface area contributed by atoms with Crippen LogP contribution in [0.5, 0.6) is 17.2 Å². The van der Waals surface area contributed by atoms with E-state index in [1.54, 1.807) is 7.11 Å². The molecule has 3 aliphatic rings. The maximum Gasteiger partial charge on any atom is 0.248 e. The molecular weight excluding hydrogens is 628 g/mol. The second-order valence-electron chi connectivity index (χ2n) is 13.6. The van der Waals surface area contributed by atoms with Crippen LogP contribution in [0.4, 0.5) is 0 Å². The zero-order valence-corrected chi connectivity index (χ0v) is 28.6. The van der Waals surface area contributed by atoms with Crippen molar-refractivity contribution in [3.63, 3.8) is 0 Å². The lowest BCUT2D eigenvalue weighted by Gasteiger charge is -2.28. The monoisotopic (exact) mass is 672 g/mol. The molecule has 0 bridgehead atoms. The number of nitrogens with two attached hydrogens (primary N) is 1. The fourth-order valence-electron chi connectivity index (χ4n) is 8.15. The number of aromatic nitrogens is 1. The number of benzene rings is 4. The molecule has 1 amide bonds. The van der Waals surface area contributed by atoms with E-state index in [2.05, 4.69) is 41.0 Å². The van der Waals surface area contributed by atoms with Crippen molar-refractivity contribution >= 4 is 16.8 Å². The molecule has 50 heavy (non-hydrogen) atoms. The molecule has 8 rings (SSSR count).